The highest BCUT2D eigenvalue weighted by Crippen LogP contribution is 2.59. The molecule has 0 saturated heterocycles. The van der Waals surface area contributed by atoms with Crippen molar-refractivity contribution in [3.8, 4) is 0 Å². The molecule has 0 fully saturated rings. The summed E-state index contributed by atoms with van der Waals surface area (Å²) < 4.78 is 74.9. The van der Waals surface area contributed by atoms with Crippen LogP contribution in [0.5, 0.6) is 0 Å². The van der Waals surface area contributed by atoms with E-state index >= 15 is 0 Å². The Balaban J connectivity index is 0.000000286. The van der Waals surface area contributed by atoms with Crippen molar-refractivity contribution in [2.75, 3.05) is 0 Å². The van der Waals surface area contributed by atoms with Gasteiger partial charge in [0.1, 0.15) is 23.2 Å². The van der Waals surface area contributed by atoms with Crippen molar-refractivity contribution in [3.63, 3.8) is 0 Å². The molecule has 0 N–H and O–H groups in total. The Morgan fingerprint density at radius 3 is 1.15 bits per heavy atom. The molecule has 4 aromatic carbocycles. The van der Waals surface area contributed by atoms with Crippen LogP contribution in [-0.2, 0) is 12.4 Å². The molecule has 0 amide bonds. The summed E-state index contributed by atoms with van der Waals surface area (Å²) in [5.41, 5.74) is -1.55. The third-order valence-corrected chi connectivity index (χ3v) is 11.2. The van der Waals surface area contributed by atoms with E-state index < -0.39 is 30.7 Å². The minimum Gasteiger partial charge on any atom is -1.00 e. The standard InChI is InChI=1S/C21H22P.C12H10F6.HI/c1-18(2)22(19-12-6-3-7-13-19,20-14-8-4-9-15-20)21-16-10-5-11-17-21;1-7(2)3-8-4-9(11(13,14)15)6-10(5-8)12(16,17)18;/h3-18H,1-2H3;3-6H,1-2H3;1H/q+1;;/p-1. The first-order valence-corrected chi connectivity index (χ1v) is 14.6. The Morgan fingerprint density at radius 2 is 0.902 bits per heavy atom. The molecule has 0 aliphatic rings. The van der Waals surface area contributed by atoms with E-state index in [4.69, 9.17) is 0 Å². The zero-order valence-electron chi connectivity index (χ0n) is 23.1. The molecule has 4 rings (SSSR count). The van der Waals surface area contributed by atoms with Crippen molar-refractivity contribution in [1.82, 2.24) is 0 Å². The van der Waals surface area contributed by atoms with E-state index in [1.165, 1.54) is 22.0 Å². The highest BCUT2D eigenvalue weighted by Gasteiger charge is 2.48. The molecule has 8 heteroatoms. The number of hydrogen-bond acceptors (Lipinski definition) is 0. The first-order valence-electron chi connectivity index (χ1n) is 12.8. The molecular formula is C33H32F6IP. The van der Waals surface area contributed by atoms with Gasteiger partial charge in [-0.2, -0.15) is 26.3 Å². The van der Waals surface area contributed by atoms with Crippen LogP contribution in [0.4, 0.5) is 26.3 Å². The van der Waals surface area contributed by atoms with Crippen molar-refractivity contribution in [2.24, 2.45) is 0 Å². The van der Waals surface area contributed by atoms with Crippen molar-refractivity contribution in [1.29, 1.82) is 0 Å². The quantitative estimate of drug-likeness (QED) is 0.126. The van der Waals surface area contributed by atoms with Crippen LogP contribution in [0.1, 0.15) is 44.4 Å². The summed E-state index contributed by atoms with van der Waals surface area (Å²) in [5, 5.41) is 4.38. The first kappa shape index (κ1) is 34.6. The molecule has 0 spiro atoms. The fourth-order valence-electron chi connectivity index (χ4n) is 4.73. The van der Waals surface area contributed by atoms with Crippen molar-refractivity contribution < 1.29 is 50.3 Å². The van der Waals surface area contributed by atoms with Gasteiger partial charge in [-0.3, -0.25) is 0 Å². The van der Waals surface area contributed by atoms with Gasteiger partial charge in [-0.15, -0.1) is 0 Å². The lowest BCUT2D eigenvalue weighted by Gasteiger charge is -2.31. The smallest absolute Gasteiger partial charge is 0.416 e. The molecule has 0 bridgehead atoms. The molecule has 0 radical (unpaired) electrons. The van der Waals surface area contributed by atoms with Crippen LogP contribution in [0.25, 0.3) is 6.08 Å². The second-order valence-corrected chi connectivity index (χ2v) is 13.9. The maximum Gasteiger partial charge on any atom is 0.416 e. The average molecular weight is 700 g/mol. The van der Waals surface area contributed by atoms with Crippen LogP contribution in [0, 0.1) is 0 Å². The largest absolute Gasteiger partial charge is 1.00 e. The number of hydrogen-bond donors (Lipinski definition) is 0. The van der Waals surface area contributed by atoms with Gasteiger partial charge in [-0.1, -0.05) is 66.2 Å². The Bertz CT molecular complexity index is 1260. The second-order valence-electron chi connectivity index (χ2n) is 9.88. The molecule has 0 heterocycles. The van der Waals surface area contributed by atoms with E-state index in [1.54, 1.807) is 13.8 Å². The van der Waals surface area contributed by atoms with Gasteiger partial charge in [0.05, 0.1) is 16.8 Å². The second kappa shape index (κ2) is 14.5. The number of halogens is 7. The first-order chi connectivity index (χ1) is 18.8. The highest BCUT2D eigenvalue weighted by atomic mass is 127. The molecular weight excluding hydrogens is 668 g/mol. The normalized spacial score (nSPS) is 11.7. The summed E-state index contributed by atoms with van der Waals surface area (Å²) in [6, 6.07) is 34.6. The zero-order valence-corrected chi connectivity index (χ0v) is 26.2. The van der Waals surface area contributed by atoms with Crippen LogP contribution in [0.3, 0.4) is 0 Å². The van der Waals surface area contributed by atoms with Gasteiger partial charge in [-0.05, 0) is 87.9 Å². The number of benzene rings is 4. The van der Waals surface area contributed by atoms with Gasteiger partial charge in [0.15, 0.2) is 0 Å². The minimum absolute atomic E-state index is 0. The van der Waals surface area contributed by atoms with Gasteiger partial charge >= 0.3 is 12.4 Å². The van der Waals surface area contributed by atoms with Crippen LogP contribution in [0.2, 0.25) is 0 Å². The molecule has 0 aliphatic carbocycles. The summed E-state index contributed by atoms with van der Waals surface area (Å²) in [6.45, 7) is 7.91. The number of allylic oxidation sites excluding steroid dienone is 1. The van der Waals surface area contributed by atoms with Gasteiger partial charge in [-0.25, -0.2) is 0 Å². The maximum atomic E-state index is 12.5. The zero-order chi connectivity index (χ0) is 29.6. The van der Waals surface area contributed by atoms with E-state index in [2.05, 4.69) is 105 Å². The predicted molar refractivity (Wildman–Crippen MR) is 156 cm³/mol. The summed E-state index contributed by atoms with van der Waals surface area (Å²) >= 11 is 0. The molecule has 0 aromatic heterocycles. The van der Waals surface area contributed by atoms with Crippen LogP contribution < -0.4 is 39.9 Å². The van der Waals surface area contributed by atoms with Crippen LogP contribution in [-0.4, -0.2) is 5.66 Å². The number of rotatable bonds is 5. The van der Waals surface area contributed by atoms with Crippen LogP contribution >= 0.6 is 7.26 Å². The Morgan fingerprint density at radius 1 is 0.585 bits per heavy atom. The van der Waals surface area contributed by atoms with Crippen molar-refractivity contribution in [3.05, 3.63) is 131 Å². The summed E-state index contributed by atoms with van der Waals surface area (Å²) in [5.74, 6) is 0. The topological polar surface area (TPSA) is 0 Å². The van der Waals surface area contributed by atoms with E-state index in [1.807, 2.05) is 0 Å². The van der Waals surface area contributed by atoms with Gasteiger partial charge in [0.25, 0.3) is 0 Å². The van der Waals surface area contributed by atoms with Crippen molar-refractivity contribution in [2.45, 2.75) is 45.7 Å². The Kier molecular flexibility index (Phi) is 12.2. The lowest BCUT2D eigenvalue weighted by atomic mass is 10.0. The SMILES string of the molecule is CC(C)=Cc1cc(C(F)(F)F)cc(C(F)(F)F)c1.CC(C)[P+](c1ccccc1)(c1ccccc1)c1ccccc1.[I-]. The van der Waals surface area contributed by atoms with E-state index in [0.29, 0.717) is 23.4 Å². The molecule has 0 atom stereocenters. The third kappa shape index (κ3) is 8.68. The molecule has 0 saturated carbocycles. The minimum atomic E-state index is -4.80. The molecule has 0 aliphatic heterocycles. The van der Waals surface area contributed by atoms with Gasteiger partial charge in [0, 0.05) is 0 Å². The van der Waals surface area contributed by atoms with Gasteiger partial charge in [0.2, 0.25) is 0 Å². The fourth-order valence-corrected chi connectivity index (χ4v) is 9.34. The molecule has 41 heavy (non-hydrogen) atoms. The van der Waals surface area contributed by atoms with E-state index in [9.17, 15) is 26.3 Å². The third-order valence-electron chi connectivity index (χ3n) is 6.33. The van der Waals surface area contributed by atoms with E-state index in [0.717, 1.165) is 0 Å². The summed E-state index contributed by atoms with van der Waals surface area (Å²) in [4.78, 5) is 0. The van der Waals surface area contributed by atoms with Crippen LogP contribution in [0.15, 0.2) is 115 Å². The average Bonchev–Trinajstić information content (AvgIpc) is 2.90. The lowest BCUT2D eigenvalue weighted by molar-refractivity contribution is -0.143. The Labute approximate surface area is 255 Å². The fraction of sp³-hybridized carbons (Fsp3) is 0.212. The molecule has 218 valence electrons. The number of alkyl halides is 6. The molecule has 4 aromatic rings. The van der Waals surface area contributed by atoms with Gasteiger partial charge < -0.3 is 24.0 Å². The molecule has 0 nitrogen and oxygen atoms in total. The molecule has 0 unspecified atom stereocenters. The maximum absolute atomic E-state index is 12.5. The summed E-state index contributed by atoms with van der Waals surface area (Å²) in [7, 11) is -1.63. The summed E-state index contributed by atoms with van der Waals surface area (Å²) in [6.07, 6.45) is -8.33. The highest BCUT2D eigenvalue weighted by molar-refractivity contribution is 7.96. The predicted octanol–water partition coefficient (Wildman–Crippen LogP) is 6.54. The monoisotopic (exact) mass is 700 g/mol. The van der Waals surface area contributed by atoms with E-state index in [-0.39, 0.29) is 35.6 Å². The Hall–Kier alpha value is -2.64. The van der Waals surface area contributed by atoms with Crippen molar-refractivity contribution >= 4 is 29.3 Å². The lowest BCUT2D eigenvalue weighted by Crippen LogP contribution is -3.00.